The molecule has 1 saturated heterocycles. The molecule has 10 nitrogen and oxygen atoms in total. The van der Waals surface area contributed by atoms with E-state index < -0.39 is 34.3 Å². The number of anilines is 1. The maximum Gasteiger partial charge on any atom is 0.294 e. The van der Waals surface area contributed by atoms with Crippen LogP contribution in [0.3, 0.4) is 0 Å². The summed E-state index contributed by atoms with van der Waals surface area (Å²) in [5.41, 5.74) is -0.118. The van der Waals surface area contributed by atoms with Gasteiger partial charge in [-0.1, -0.05) is 6.07 Å². The van der Waals surface area contributed by atoms with Crippen molar-refractivity contribution in [2.45, 2.75) is 0 Å². The van der Waals surface area contributed by atoms with Gasteiger partial charge in [-0.25, -0.2) is 4.39 Å². The molecule has 0 aliphatic carbocycles. The number of fused-ring (bicyclic) bond motifs is 1. The van der Waals surface area contributed by atoms with Gasteiger partial charge in [-0.3, -0.25) is 29.4 Å². The van der Waals surface area contributed by atoms with Crippen molar-refractivity contribution in [3.05, 3.63) is 62.8 Å². The van der Waals surface area contributed by atoms with E-state index in [0.717, 1.165) is 6.07 Å². The molecular weight excluding hydrogens is 433 g/mol. The quantitative estimate of drug-likeness (QED) is 0.422. The zero-order valence-corrected chi connectivity index (χ0v) is 16.3. The summed E-state index contributed by atoms with van der Waals surface area (Å²) >= 11 is 0.545. The Kier molecular flexibility index (Phi) is 5.29. The van der Waals surface area contributed by atoms with Gasteiger partial charge < -0.3 is 14.8 Å². The van der Waals surface area contributed by atoms with E-state index in [9.17, 15) is 28.9 Å². The molecule has 31 heavy (non-hydrogen) atoms. The normalized spacial score (nSPS) is 16.2. The second-order valence-electron chi connectivity index (χ2n) is 6.35. The number of carbonyl (C=O) groups excluding carboxylic acids is 3. The Morgan fingerprint density at radius 3 is 2.71 bits per heavy atom. The third-order valence-electron chi connectivity index (χ3n) is 4.29. The number of nitrogens with zero attached hydrogens (tertiary/aromatic N) is 2. The van der Waals surface area contributed by atoms with E-state index in [-0.39, 0.29) is 40.1 Å². The fourth-order valence-electron chi connectivity index (χ4n) is 2.91. The number of thioether (sulfide) groups is 1. The molecule has 12 heteroatoms. The number of nitrogens with one attached hydrogen (secondary N) is 1. The monoisotopic (exact) mass is 445 g/mol. The van der Waals surface area contributed by atoms with E-state index in [2.05, 4.69) is 5.32 Å². The molecule has 2 aromatic carbocycles. The Morgan fingerprint density at radius 2 is 2.00 bits per heavy atom. The summed E-state index contributed by atoms with van der Waals surface area (Å²) in [6, 6.07) is 7.64. The van der Waals surface area contributed by atoms with Crippen LogP contribution in [0.1, 0.15) is 5.56 Å². The van der Waals surface area contributed by atoms with Crippen LogP contribution in [0.4, 0.5) is 20.6 Å². The van der Waals surface area contributed by atoms with E-state index >= 15 is 0 Å². The van der Waals surface area contributed by atoms with Crippen molar-refractivity contribution in [3.63, 3.8) is 0 Å². The maximum atomic E-state index is 13.2. The van der Waals surface area contributed by atoms with Crippen molar-refractivity contribution >= 4 is 46.3 Å². The molecule has 0 aromatic heterocycles. The first-order chi connectivity index (χ1) is 14.8. The molecule has 0 spiro atoms. The van der Waals surface area contributed by atoms with Crippen LogP contribution in [0, 0.1) is 15.9 Å². The Labute approximate surface area is 177 Å². The lowest BCUT2D eigenvalue weighted by Gasteiger charge is -2.12. The summed E-state index contributed by atoms with van der Waals surface area (Å²) in [4.78, 5) is 48.4. The SMILES string of the molecule is O=C(CN1C(=O)S/C(=C\c2cc3c(cc2[N+](=O)[O-])OCO3)C1=O)Nc1cccc(F)c1. The smallest absolute Gasteiger partial charge is 0.294 e. The Bertz CT molecular complexity index is 1170. The number of hydrogen-bond acceptors (Lipinski definition) is 8. The van der Waals surface area contributed by atoms with Crippen molar-refractivity contribution < 1.29 is 33.2 Å². The third-order valence-corrected chi connectivity index (χ3v) is 5.20. The van der Waals surface area contributed by atoms with Crippen LogP contribution in [0.25, 0.3) is 6.08 Å². The number of benzene rings is 2. The predicted molar refractivity (Wildman–Crippen MR) is 107 cm³/mol. The van der Waals surface area contributed by atoms with Crippen LogP contribution in [-0.2, 0) is 9.59 Å². The molecule has 0 saturated carbocycles. The molecule has 1 N–H and O–H groups in total. The molecule has 3 amide bonds. The fraction of sp³-hybridized carbons (Fsp3) is 0.105. The van der Waals surface area contributed by atoms with E-state index in [0.29, 0.717) is 16.7 Å². The van der Waals surface area contributed by atoms with Gasteiger partial charge in [0.15, 0.2) is 11.5 Å². The average molecular weight is 445 g/mol. The number of nitro groups is 1. The summed E-state index contributed by atoms with van der Waals surface area (Å²) < 4.78 is 23.6. The predicted octanol–water partition coefficient (Wildman–Crippen LogP) is 3.14. The molecule has 158 valence electrons. The highest BCUT2D eigenvalue weighted by Crippen LogP contribution is 2.40. The van der Waals surface area contributed by atoms with Gasteiger partial charge in [0.05, 0.1) is 21.5 Å². The van der Waals surface area contributed by atoms with Crippen molar-refractivity contribution in [3.8, 4) is 11.5 Å². The minimum absolute atomic E-state index is 0.0453. The molecule has 0 bridgehead atoms. The van der Waals surface area contributed by atoms with Crippen molar-refractivity contribution in [2.24, 2.45) is 0 Å². The standard InChI is InChI=1S/C19H12FN3O7S/c20-11-2-1-3-12(6-11)21-17(24)8-22-18(25)16(31-19(22)26)5-10-4-14-15(30-9-29-14)7-13(10)23(27)28/h1-7H,8-9H2,(H,21,24)/b16-5-. The van der Waals surface area contributed by atoms with E-state index in [1.165, 1.54) is 36.4 Å². The van der Waals surface area contributed by atoms with Crippen LogP contribution in [0.2, 0.25) is 0 Å². The first-order valence-electron chi connectivity index (χ1n) is 8.70. The second-order valence-corrected chi connectivity index (χ2v) is 7.34. The summed E-state index contributed by atoms with van der Waals surface area (Å²) in [6.07, 6.45) is 1.19. The zero-order chi connectivity index (χ0) is 22.1. The van der Waals surface area contributed by atoms with E-state index in [1.807, 2.05) is 0 Å². The van der Waals surface area contributed by atoms with E-state index in [1.54, 1.807) is 0 Å². The molecule has 4 rings (SSSR count). The van der Waals surface area contributed by atoms with Crippen LogP contribution < -0.4 is 14.8 Å². The van der Waals surface area contributed by atoms with Crippen LogP contribution in [0.15, 0.2) is 41.3 Å². The maximum absolute atomic E-state index is 13.2. The number of amides is 3. The number of nitro benzene ring substituents is 1. The number of hydrogen-bond donors (Lipinski definition) is 1. The highest BCUT2D eigenvalue weighted by Gasteiger charge is 2.37. The van der Waals surface area contributed by atoms with Crippen LogP contribution >= 0.6 is 11.8 Å². The van der Waals surface area contributed by atoms with Gasteiger partial charge in [0, 0.05) is 5.69 Å². The first-order valence-corrected chi connectivity index (χ1v) is 9.52. The van der Waals surface area contributed by atoms with Gasteiger partial charge in [0.2, 0.25) is 12.7 Å². The lowest BCUT2D eigenvalue weighted by atomic mass is 10.1. The molecule has 0 radical (unpaired) electrons. The minimum atomic E-state index is -0.781. The topological polar surface area (TPSA) is 128 Å². The number of imide groups is 1. The average Bonchev–Trinajstić information content (AvgIpc) is 3.26. The largest absolute Gasteiger partial charge is 0.454 e. The number of rotatable bonds is 5. The molecule has 2 aliphatic rings. The zero-order valence-electron chi connectivity index (χ0n) is 15.5. The fourth-order valence-corrected chi connectivity index (χ4v) is 3.74. The van der Waals surface area contributed by atoms with Crippen LogP contribution in [-0.4, -0.2) is 40.2 Å². The second kappa shape index (κ2) is 8.07. The van der Waals surface area contributed by atoms with Crippen molar-refractivity contribution in [1.29, 1.82) is 0 Å². The lowest BCUT2D eigenvalue weighted by molar-refractivity contribution is -0.385. The molecule has 2 heterocycles. The lowest BCUT2D eigenvalue weighted by Crippen LogP contribution is -2.36. The van der Waals surface area contributed by atoms with Gasteiger partial charge in [0.1, 0.15) is 12.4 Å². The van der Waals surface area contributed by atoms with Gasteiger partial charge >= 0.3 is 0 Å². The number of carbonyl (C=O) groups is 3. The van der Waals surface area contributed by atoms with E-state index in [4.69, 9.17) is 9.47 Å². The van der Waals surface area contributed by atoms with Crippen LogP contribution in [0.5, 0.6) is 11.5 Å². The highest BCUT2D eigenvalue weighted by atomic mass is 32.2. The summed E-state index contributed by atoms with van der Waals surface area (Å²) in [5.74, 6) is -1.58. The van der Waals surface area contributed by atoms with Gasteiger partial charge in [-0.05, 0) is 42.1 Å². The van der Waals surface area contributed by atoms with Gasteiger partial charge in [-0.2, -0.15) is 0 Å². The Hall–Kier alpha value is -3.93. The Morgan fingerprint density at radius 1 is 1.26 bits per heavy atom. The highest BCUT2D eigenvalue weighted by molar-refractivity contribution is 8.18. The summed E-state index contributed by atoms with van der Waals surface area (Å²) in [5, 5.41) is 13.1. The van der Waals surface area contributed by atoms with Crippen molar-refractivity contribution in [2.75, 3.05) is 18.7 Å². The minimum Gasteiger partial charge on any atom is -0.454 e. The molecular formula is C19H12FN3O7S. The molecule has 0 unspecified atom stereocenters. The first kappa shape index (κ1) is 20.3. The molecule has 0 atom stereocenters. The number of ether oxygens (including phenoxy) is 2. The summed E-state index contributed by atoms with van der Waals surface area (Å²) in [7, 11) is 0. The Balaban J connectivity index is 1.54. The summed E-state index contributed by atoms with van der Waals surface area (Å²) in [6.45, 7) is -0.686. The molecule has 2 aromatic rings. The molecule has 2 aliphatic heterocycles. The number of halogens is 1. The van der Waals surface area contributed by atoms with Gasteiger partial charge in [0.25, 0.3) is 16.8 Å². The third kappa shape index (κ3) is 4.19. The van der Waals surface area contributed by atoms with Gasteiger partial charge in [-0.15, -0.1) is 0 Å². The molecule has 1 fully saturated rings. The van der Waals surface area contributed by atoms with Crippen molar-refractivity contribution in [1.82, 2.24) is 4.90 Å².